The van der Waals surface area contributed by atoms with Crippen molar-refractivity contribution in [3.63, 3.8) is 0 Å². The molecular weight excluding hydrogens is 372 g/mol. The molecule has 0 aliphatic rings. The summed E-state index contributed by atoms with van der Waals surface area (Å²) in [5.41, 5.74) is 2.98. The van der Waals surface area contributed by atoms with E-state index in [9.17, 15) is 0 Å². The van der Waals surface area contributed by atoms with Crippen LogP contribution >= 0.6 is 15.9 Å². The van der Waals surface area contributed by atoms with Crippen molar-refractivity contribution in [3.05, 3.63) is 53.3 Å². The highest BCUT2D eigenvalue weighted by atomic mass is 79.9. The van der Waals surface area contributed by atoms with Crippen molar-refractivity contribution in [1.82, 2.24) is 19.9 Å². The van der Waals surface area contributed by atoms with E-state index in [1.165, 1.54) is 0 Å². The second-order valence-corrected chi connectivity index (χ2v) is 5.92. The van der Waals surface area contributed by atoms with Crippen molar-refractivity contribution in [3.8, 4) is 34.3 Å². The van der Waals surface area contributed by atoms with Crippen molar-refractivity contribution in [2.24, 2.45) is 0 Å². The maximum Gasteiger partial charge on any atom is 0.293 e. The van der Waals surface area contributed by atoms with E-state index < -0.39 is 0 Å². The van der Waals surface area contributed by atoms with Crippen LogP contribution < -0.4 is 0 Å². The van der Waals surface area contributed by atoms with Gasteiger partial charge in [-0.3, -0.25) is 4.68 Å². The molecule has 7 heteroatoms. The smallest absolute Gasteiger partial charge is 0.293 e. The Morgan fingerprint density at radius 1 is 1.12 bits per heavy atom. The van der Waals surface area contributed by atoms with E-state index in [4.69, 9.17) is 8.94 Å². The van der Waals surface area contributed by atoms with E-state index in [-0.39, 0.29) is 0 Å². The minimum absolute atomic E-state index is 0.347. The van der Waals surface area contributed by atoms with Gasteiger partial charge in [-0.15, -0.1) is 0 Å². The molecule has 1 aromatic carbocycles. The van der Waals surface area contributed by atoms with Crippen LogP contribution in [0.15, 0.2) is 62.3 Å². The number of hydrogen-bond acceptors (Lipinski definition) is 5. The molecule has 120 valence electrons. The number of furan rings is 1. The van der Waals surface area contributed by atoms with Crippen LogP contribution in [0.1, 0.15) is 6.92 Å². The quantitative estimate of drug-likeness (QED) is 0.512. The largest absolute Gasteiger partial charge is 0.444 e. The predicted molar refractivity (Wildman–Crippen MR) is 92.0 cm³/mol. The van der Waals surface area contributed by atoms with Gasteiger partial charge in [-0.05, 0) is 47.1 Å². The molecule has 3 heterocycles. The lowest BCUT2D eigenvalue weighted by Gasteiger charge is -2.05. The Bertz CT molecular complexity index is 986. The first kappa shape index (κ1) is 14.9. The molecule has 0 unspecified atom stereocenters. The summed E-state index contributed by atoms with van der Waals surface area (Å²) in [5.74, 6) is 1.39. The lowest BCUT2D eigenvalue weighted by molar-refractivity contribution is 0.414. The van der Waals surface area contributed by atoms with E-state index in [0.717, 1.165) is 23.4 Å². The van der Waals surface area contributed by atoms with Crippen molar-refractivity contribution in [1.29, 1.82) is 0 Å². The lowest BCUT2D eigenvalue weighted by atomic mass is 10.1. The molecular formula is C17H13BrN4O2. The van der Waals surface area contributed by atoms with Crippen molar-refractivity contribution < 1.29 is 8.94 Å². The number of benzene rings is 1. The second kappa shape index (κ2) is 6.09. The number of aromatic nitrogens is 4. The minimum atomic E-state index is 0.347. The second-order valence-electron chi connectivity index (χ2n) is 5.14. The molecule has 0 saturated heterocycles. The van der Waals surface area contributed by atoms with Gasteiger partial charge in [-0.1, -0.05) is 23.4 Å². The van der Waals surface area contributed by atoms with E-state index in [1.54, 1.807) is 18.3 Å². The molecule has 24 heavy (non-hydrogen) atoms. The zero-order valence-electron chi connectivity index (χ0n) is 12.8. The number of aryl methyl sites for hydroxylation is 1. The minimum Gasteiger partial charge on any atom is -0.444 e. The van der Waals surface area contributed by atoms with Gasteiger partial charge < -0.3 is 8.94 Å². The molecule has 0 aliphatic carbocycles. The van der Waals surface area contributed by atoms with Crippen LogP contribution in [0.2, 0.25) is 0 Å². The topological polar surface area (TPSA) is 69.9 Å². The molecule has 3 aromatic heterocycles. The van der Waals surface area contributed by atoms with Crippen LogP contribution in [0.3, 0.4) is 0 Å². The monoisotopic (exact) mass is 384 g/mol. The molecule has 0 spiro atoms. The van der Waals surface area contributed by atoms with Crippen molar-refractivity contribution in [2.75, 3.05) is 0 Å². The summed E-state index contributed by atoms with van der Waals surface area (Å²) in [6, 6.07) is 13.5. The number of halogens is 1. The Morgan fingerprint density at radius 3 is 2.79 bits per heavy atom. The Morgan fingerprint density at radius 2 is 2.00 bits per heavy atom. The molecule has 0 bridgehead atoms. The highest BCUT2D eigenvalue weighted by Gasteiger charge is 2.14. The average Bonchev–Trinajstić information content (AvgIpc) is 3.34. The third-order valence-corrected chi connectivity index (χ3v) is 4.07. The van der Waals surface area contributed by atoms with E-state index in [1.807, 2.05) is 35.0 Å². The molecule has 0 N–H and O–H groups in total. The summed E-state index contributed by atoms with van der Waals surface area (Å²) >= 11 is 3.26. The van der Waals surface area contributed by atoms with Crippen LogP contribution in [0.4, 0.5) is 0 Å². The summed E-state index contributed by atoms with van der Waals surface area (Å²) in [4.78, 5) is 4.41. The van der Waals surface area contributed by atoms with E-state index in [2.05, 4.69) is 38.1 Å². The molecule has 4 aromatic rings. The maximum absolute atomic E-state index is 5.44. The molecule has 6 nitrogen and oxygen atoms in total. The zero-order chi connectivity index (χ0) is 16.5. The van der Waals surface area contributed by atoms with Gasteiger partial charge in [0.1, 0.15) is 0 Å². The van der Waals surface area contributed by atoms with Crippen molar-refractivity contribution in [2.45, 2.75) is 13.5 Å². The fourth-order valence-corrected chi connectivity index (χ4v) is 2.82. The van der Waals surface area contributed by atoms with E-state index in [0.29, 0.717) is 22.1 Å². The van der Waals surface area contributed by atoms with Crippen molar-refractivity contribution >= 4 is 15.9 Å². The molecule has 0 saturated carbocycles. The normalized spacial score (nSPS) is 11.1. The Hall–Kier alpha value is -2.67. The SMILES string of the molecule is CCn1nccc1-c1cccc(-c2noc(-c3ccc(Br)o3)n2)c1. The Balaban J connectivity index is 1.70. The van der Waals surface area contributed by atoms with Gasteiger partial charge in [0, 0.05) is 23.9 Å². The Kier molecular flexibility index (Phi) is 3.78. The molecule has 0 aliphatic heterocycles. The van der Waals surface area contributed by atoms with Crippen LogP contribution in [0.25, 0.3) is 34.3 Å². The number of hydrogen-bond donors (Lipinski definition) is 0. The van der Waals surface area contributed by atoms with Crippen LogP contribution in [0.5, 0.6) is 0 Å². The van der Waals surface area contributed by atoms with Crippen LogP contribution in [0, 0.1) is 0 Å². The molecule has 0 fully saturated rings. The molecule has 0 radical (unpaired) electrons. The fraction of sp³-hybridized carbons (Fsp3) is 0.118. The van der Waals surface area contributed by atoms with Crippen LogP contribution in [-0.2, 0) is 6.54 Å². The summed E-state index contributed by atoms with van der Waals surface area (Å²) in [6.07, 6.45) is 1.80. The third-order valence-electron chi connectivity index (χ3n) is 3.64. The molecule has 4 rings (SSSR count). The van der Waals surface area contributed by atoms with Gasteiger partial charge in [-0.25, -0.2) is 0 Å². The van der Waals surface area contributed by atoms with E-state index >= 15 is 0 Å². The highest BCUT2D eigenvalue weighted by molar-refractivity contribution is 9.10. The number of rotatable bonds is 4. The first-order valence-electron chi connectivity index (χ1n) is 7.46. The summed E-state index contributed by atoms with van der Waals surface area (Å²) < 4.78 is 13.3. The maximum atomic E-state index is 5.44. The lowest BCUT2D eigenvalue weighted by Crippen LogP contribution is -1.98. The summed E-state index contributed by atoms with van der Waals surface area (Å²) in [7, 11) is 0. The predicted octanol–water partition coefficient (Wildman–Crippen LogP) is 4.64. The first-order chi connectivity index (χ1) is 11.7. The van der Waals surface area contributed by atoms with Gasteiger partial charge in [-0.2, -0.15) is 10.1 Å². The van der Waals surface area contributed by atoms with Gasteiger partial charge in [0.05, 0.1) is 5.69 Å². The van der Waals surface area contributed by atoms with Crippen LogP contribution in [-0.4, -0.2) is 19.9 Å². The first-order valence-corrected chi connectivity index (χ1v) is 8.26. The average molecular weight is 385 g/mol. The van der Waals surface area contributed by atoms with Gasteiger partial charge in [0.15, 0.2) is 10.4 Å². The highest BCUT2D eigenvalue weighted by Crippen LogP contribution is 2.28. The third kappa shape index (κ3) is 2.67. The number of nitrogens with zero attached hydrogens (tertiary/aromatic N) is 4. The van der Waals surface area contributed by atoms with Gasteiger partial charge in [0.2, 0.25) is 5.82 Å². The fourth-order valence-electron chi connectivity index (χ4n) is 2.52. The Labute approximate surface area is 146 Å². The summed E-state index contributed by atoms with van der Waals surface area (Å²) in [5, 5.41) is 8.36. The zero-order valence-corrected chi connectivity index (χ0v) is 14.4. The molecule has 0 amide bonds. The van der Waals surface area contributed by atoms with Gasteiger partial charge in [0.25, 0.3) is 5.89 Å². The summed E-state index contributed by atoms with van der Waals surface area (Å²) in [6.45, 7) is 2.87. The molecule has 0 atom stereocenters. The standard InChI is InChI=1S/C17H13BrN4O2/c1-2-22-13(8-9-19-22)11-4-3-5-12(10-11)16-20-17(24-21-16)14-6-7-15(18)23-14/h3-10H,2H2,1H3. The van der Waals surface area contributed by atoms with Gasteiger partial charge >= 0.3 is 0 Å².